The fourth-order valence-electron chi connectivity index (χ4n) is 2.91. The number of fused-ring (bicyclic) bond motifs is 1. The van der Waals surface area contributed by atoms with Crippen molar-refractivity contribution in [1.29, 1.82) is 0 Å². The zero-order valence-corrected chi connectivity index (χ0v) is 13.6. The SMILES string of the molecule is O=C(Cn1cc(Cl)c2ncc(-c3ccccc3F)cc21)N1CCC1. The molecule has 0 radical (unpaired) electrons. The number of nitrogens with zero attached hydrogens (tertiary/aromatic N) is 3. The van der Waals surface area contributed by atoms with Crippen LogP contribution < -0.4 is 0 Å². The molecule has 3 aromatic rings. The number of carbonyl (C=O) groups excluding carboxylic acids is 1. The number of halogens is 2. The van der Waals surface area contributed by atoms with Crippen molar-refractivity contribution in [2.24, 2.45) is 0 Å². The molecule has 0 atom stereocenters. The van der Waals surface area contributed by atoms with Gasteiger partial charge in [0.15, 0.2) is 0 Å². The first-order valence-corrected chi connectivity index (χ1v) is 8.18. The first kappa shape index (κ1) is 15.1. The van der Waals surface area contributed by atoms with Crippen LogP contribution in [-0.2, 0) is 11.3 Å². The highest BCUT2D eigenvalue weighted by atomic mass is 35.5. The van der Waals surface area contributed by atoms with Crippen molar-refractivity contribution in [3.63, 3.8) is 0 Å². The van der Waals surface area contributed by atoms with E-state index in [-0.39, 0.29) is 18.3 Å². The molecule has 0 aliphatic carbocycles. The third-order valence-corrected chi connectivity index (χ3v) is 4.65. The standard InChI is InChI=1S/C18H15ClFN3O/c19-14-10-23(11-17(24)22-6-3-7-22)16-8-12(9-21-18(14)16)13-4-1-2-5-15(13)20/h1-2,4-5,8-10H,3,6-7,11H2. The number of likely N-dealkylation sites (tertiary alicyclic amines) is 1. The molecule has 1 saturated heterocycles. The first-order valence-electron chi connectivity index (χ1n) is 7.80. The van der Waals surface area contributed by atoms with E-state index in [2.05, 4.69) is 4.98 Å². The van der Waals surface area contributed by atoms with E-state index in [0.717, 1.165) is 25.0 Å². The molecule has 0 bridgehead atoms. The Morgan fingerprint density at radius 1 is 1.29 bits per heavy atom. The predicted molar refractivity (Wildman–Crippen MR) is 91.3 cm³/mol. The van der Waals surface area contributed by atoms with Gasteiger partial charge in [0, 0.05) is 36.6 Å². The number of hydrogen-bond donors (Lipinski definition) is 0. The lowest BCUT2D eigenvalue weighted by Crippen LogP contribution is -2.43. The zero-order chi connectivity index (χ0) is 16.7. The van der Waals surface area contributed by atoms with Crippen molar-refractivity contribution in [3.8, 4) is 11.1 Å². The third kappa shape index (κ3) is 2.55. The molecule has 4 rings (SSSR count). The summed E-state index contributed by atoms with van der Waals surface area (Å²) >= 11 is 6.24. The number of rotatable bonds is 3. The maximum atomic E-state index is 14.0. The van der Waals surface area contributed by atoms with Crippen LogP contribution in [0.5, 0.6) is 0 Å². The van der Waals surface area contributed by atoms with E-state index in [1.54, 1.807) is 35.2 Å². The molecule has 0 N–H and O–H groups in total. The highest BCUT2D eigenvalue weighted by molar-refractivity contribution is 6.35. The molecule has 122 valence electrons. The minimum atomic E-state index is -0.306. The average Bonchev–Trinajstić information content (AvgIpc) is 2.82. The van der Waals surface area contributed by atoms with Gasteiger partial charge in [-0.25, -0.2) is 4.39 Å². The molecule has 1 aromatic carbocycles. The van der Waals surface area contributed by atoms with Gasteiger partial charge in [-0.3, -0.25) is 9.78 Å². The largest absolute Gasteiger partial charge is 0.341 e. The second-order valence-electron chi connectivity index (χ2n) is 5.91. The highest BCUT2D eigenvalue weighted by Gasteiger charge is 2.21. The van der Waals surface area contributed by atoms with Crippen molar-refractivity contribution in [2.45, 2.75) is 13.0 Å². The van der Waals surface area contributed by atoms with Crippen molar-refractivity contribution in [2.75, 3.05) is 13.1 Å². The fraction of sp³-hybridized carbons (Fsp3) is 0.222. The Balaban J connectivity index is 1.76. The summed E-state index contributed by atoms with van der Waals surface area (Å²) in [7, 11) is 0. The van der Waals surface area contributed by atoms with Crippen LogP contribution in [0.3, 0.4) is 0 Å². The Labute approximate surface area is 143 Å². The molecule has 1 aliphatic rings. The maximum Gasteiger partial charge on any atom is 0.242 e. The summed E-state index contributed by atoms with van der Waals surface area (Å²) in [6, 6.07) is 8.38. The molecule has 4 nitrogen and oxygen atoms in total. The topological polar surface area (TPSA) is 38.1 Å². The monoisotopic (exact) mass is 343 g/mol. The molecule has 3 heterocycles. The summed E-state index contributed by atoms with van der Waals surface area (Å²) in [5.74, 6) is -0.245. The predicted octanol–water partition coefficient (Wildman–Crippen LogP) is 3.73. The molecule has 24 heavy (non-hydrogen) atoms. The summed E-state index contributed by atoms with van der Waals surface area (Å²) in [6.45, 7) is 1.83. The zero-order valence-electron chi connectivity index (χ0n) is 12.9. The summed E-state index contributed by atoms with van der Waals surface area (Å²) in [6.07, 6.45) is 4.37. The Morgan fingerprint density at radius 2 is 2.08 bits per heavy atom. The van der Waals surface area contributed by atoms with Gasteiger partial charge in [0.05, 0.1) is 10.5 Å². The Hall–Kier alpha value is -2.40. The van der Waals surface area contributed by atoms with E-state index < -0.39 is 0 Å². The second kappa shape index (κ2) is 5.91. The Kier molecular flexibility index (Phi) is 3.73. The van der Waals surface area contributed by atoms with E-state index in [9.17, 15) is 9.18 Å². The molecule has 1 amide bonds. The van der Waals surface area contributed by atoms with Crippen LogP contribution in [0.4, 0.5) is 4.39 Å². The Morgan fingerprint density at radius 3 is 2.79 bits per heavy atom. The molecule has 6 heteroatoms. The quantitative estimate of drug-likeness (QED) is 0.726. The second-order valence-corrected chi connectivity index (χ2v) is 6.32. The summed E-state index contributed by atoms with van der Waals surface area (Å²) in [5, 5.41) is 0.487. The average molecular weight is 344 g/mol. The van der Waals surface area contributed by atoms with E-state index >= 15 is 0 Å². The highest BCUT2D eigenvalue weighted by Crippen LogP contribution is 2.29. The lowest BCUT2D eigenvalue weighted by molar-refractivity contribution is -0.135. The van der Waals surface area contributed by atoms with Crippen molar-refractivity contribution in [3.05, 3.63) is 53.6 Å². The van der Waals surface area contributed by atoms with Crippen molar-refractivity contribution in [1.82, 2.24) is 14.5 Å². The van der Waals surface area contributed by atoms with Gasteiger partial charge in [0.1, 0.15) is 17.9 Å². The number of amides is 1. The number of hydrogen-bond acceptors (Lipinski definition) is 2. The Bertz CT molecular complexity index is 933. The summed E-state index contributed by atoms with van der Waals surface area (Å²) in [5.41, 5.74) is 2.49. The molecule has 2 aromatic heterocycles. The maximum absolute atomic E-state index is 14.0. The van der Waals surface area contributed by atoms with Crippen LogP contribution in [0.25, 0.3) is 22.2 Å². The van der Waals surface area contributed by atoms with Crippen LogP contribution in [0, 0.1) is 5.82 Å². The lowest BCUT2D eigenvalue weighted by Gasteiger charge is -2.31. The van der Waals surface area contributed by atoms with Gasteiger partial charge in [0.25, 0.3) is 0 Å². The minimum absolute atomic E-state index is 0.0612. The number of aromatic nitrogens is 2. The number of pyridine rings is 1. The van der Waals surface area contributed by atoms with E-state index in [0.29, 0.717) is 21.7 Å². The molecule has 0 saturated carbocycles. The fourth-order valence-corrected chi connectivity index (χ4v) is 3.17. The smallest absolute Gasteiger partial charge is 0.242 e. The molecular weight excluding hydrogens is 329 g/mol. The van der Waals surface area contributed by atoms with Gasteiger partial charge in [0.2, 0.25) is 5.91 Å². The van der Waals surface area contributed by atoms with Gasteiger partial charge < -0.3 is 9.47 Å². The molecule has 1 aliphatic heterocycles. The van der Waals surface area contributed by atoms with E-state index in [1.165, 1.54) is 6.07 Å². The van der Waals surface area contributed by atoms with Crippen LogP contribution in [0.15, 0.2) is 42.7 Å². The number of carbonyl (C=O) groups is 1. The van der Waals surface area contributed by atoms with Gasteiger partial charge in [-0.15, -0.1) is 0 Å². The van der Waals surface area contributed by atoms with Crippen LogP contribution in [-0.4, -0.2) is 33.4 Å². The van der Waals surface area contributed by atoms with Crippen molar-refractivity contribution >= 4 is 28.5 Å². The van der Waals surface area contributed by atoms with Crippen LogP contribution in [0.1, 0.15) is 6.42 Å². The molecule has 0 spiro atoms. The van der Waals surface area contributed by atoms with Crippen LogP contribution in [0.2, 0.25) is 5.02 Å². The molecule has 0 unspecified atom stereocenters. The van der Waals surface area contributed by atoms with Gasteiger partial charge >= 0.3 is 0 Å². The molecular formula is C18H15ClFN3O. The van der Waals surface area contributed by atoms with Gasteiger partial charge in [-0.05, 0) is 18.6 Å². The first-order chi connectivity index (χ1) is 11.6. The summed E-state index contributed by atoms with van der Waals surface area (Å²) < 4.78 is 15.8. The van der Waals surface area contributed by atoms with Gasteiger partial charge in [-0.2, -0.15) is 0 Å². The normalized spacial score (nSPS) is 14.0. The summed E-state index contributed by atoms with van der Waals surface area (Å²) in [4.78, 5) is 18.4. The number of benzene rings is 1. The molecule has 1 fully saturated rings. The van der Waals surface area contributed by atoms with Crippen LogP contribution >= 0.6 is 11.6 Å². The van der Waals surface area contributed by atoms with E-state index in [4.69, 9.17) is 11.6 Å². The lowest BCUT2D eigenvalue weighted by atomic mass is 10.1. The van der Waals surface area contributed by atoms with Crippen molar-refractivity contribution < 1.29 is 9.18 Å². The van der Waals surface area contributed by atoms with E-state index in [1.807, 2.05) is 11.0 Å². The minimum Gasteiger partial charge on any atom is -0.341 e. The van der Waals surface area contributed by atoms with Gasteiger partial charge in [-0.1, -0.05) is 29.8 Å². The third-order valence-electron chi connectivity index (χ3n) is 4.37.